The van der Waals surface area contributed by atoms with E-state index in [0.717, 1.165) is 64.9 Å². The number of aromatic amines is 1. The first-order chi connectivity index (χ1) is 23.5. The van der Waals surface area contributed by atoms with Crippen LogP contribution in [0.15, 0.2) is 103 Å². The molecule has 1 aromatic heterocycles. The van der Waals surface area contributed by atoms with Crippen LogP contribution >= 0.6 is 0 Å². The number of H-pyrrole nitrogens is 1. The van der Waals surface area contributed by atoms with Crippen LogP contribution < -0.4 is 5.32 Å². The van der Waals surface area contributed by atoms with Crippen molar-refractivity contribution < 1.29 is 14.4 Å². The lowest BCUT2D eigenvalue weighted by atomic mass is 10.1. The summed E-state index contributed by atoms with van der Waals surface area (Å²) in [4.78, 5) is 51.2. The fraction of sp³-hybridized carbons (Fsp3) is 0.250. The van der Waals surface area contributed by atoms with E-state index in [0.29, 0.717) is 31.5 Å². The van der Waals surface area contributed by atoms with Crippen LogP contribution in [0.4, 0.5) is 5.69 Å². The van der Waals surface area contributed by atoms with Gasteiger partial charge in [-0.3, -0.25) is 14.4 Å². The van der Waals surface area contributed by atoms with Crippen LogP contribution in [0.2, 0.25) is 0 Å². The van der Waals surface area contributed by atoms with Crippen molar-refractivity contribution >= 4 is 34.4 Å². The summed E-state index contributed by atoms with van der Waals surface area (Å²) in [5.41, 5.74) is 6.03. The number of nitrogens with zero attached hydrogens (tertiary/aromatic N) is 3. The van der Waals surface area contributed by atoms with Gasteiger partial charge in [0.2, 0.25) is 17.7 Å². The molecule has 48 heavy (non-hydrogen) atoms. The van der Waals surface area contributed by atoms with Crippen molar-refractivity contribution in [2.45, 2.75) is 50.6 Å². The number of benzene rings is 4. The van der Waals surface area contributed by atoms with Crippen LogP contribution in [0.5, 0.6) is 0 Å². The fourth-order valence-corrected chi connectivity index (χ4v) is 6.70. The maximum absolute atomic E-state index is 13.1. The number of hydrogen-bond acceptors (Lipinski definition) is 4. The molecular formula is C40H37N5O3. The van der Waals surface area contributed by atoms with Crippen LogP contribution in [0, 0.1) is 11.8 Å². The van der Waals surface area contributed by atoms with E-state index in [2.05, 4.69) is 22.1 Å². The quantitative estimate of drug-likeness (QED) is 0.213. The molecule has 0 saturated carbocycles. The van der Waals surface area contributed by atoms with Crippen LogP contribution in [-0.2, 0) is 27.2 Å². The lowest BCUT2D eigenvalue weighted by Gasteiger charge is -2.24. The first-order valence-corrected chi connectivity index (χ1v) is 16.6. The second kappa shape index (κ2) is 14.0. The number of aromatic nitrogens is 2. The van der Waals surface area contributed by atoms with Crippen LogP contribution in [0.25, 0.3) is 11.0 Å². The monoisotopic (exact) mass is 635 g/mol. The van der Waals surface area contributed by atoms with E-state index in [9.17, 15) is 14.4 Å². The summed E-state index contributed by atoms with van der Waals surface area (Å²) in [6.07, 6.45) is 3.99. The Morgan fingerprint density at radius 2 is 1.33 bits per heavy atom. The zero-order chi connectivity index (χ0) is 32.9. The van der Waals surface area contributed by atoms with Gasteiger partial charge < -0.3 is 20.1 Å². The second-order valence-electron chi connectivity index (χ2n) is 12.5. The molecule has 3 heterocycles. The Hall–Kier alpha value is -5.68. The van der Waals surface area contributed by atoms with Gasteiger partial charge in [0.25, 0.3) is 0 Å². The van der Waals surface area contributed by atoms with Gasteiger partial charge in [-0.15, -0.1) is 0 Å². The summed E-state index contributed by atoms with van der Waals surface area (Å²) in [5.74, 6) is 7.19. The molecule has 8 heteroatoms. The highest BCUT2D eigenvalue weighted by molar-refractivity contribution is 5.97. The number of amides is 3. The predicted molar refractivity (Wildman–Crippen MR) is 186 cm³/mol. The fourth-order valence-electron chi connectivity index (χ4n) is 6.70. The smallest absolute Gasteiger partial charge is 0.247 e. The largest absolute Gasteiger partial charge is 0.340 e. The Kier molecular flexibility index (Phi) is 9.01. The van der Waals surface area contributed by atoms with Gasteiger partial charge in [-0.1, -0.05) is 72.5 Å². The van der Waals surface area contributed by atoms with Crippen molar-refractivity contribution in [2.24, 2.45) is 0 Å². The molecule has 8 nitrogen and oxygen atoms in total. The zero-order valence-electron chi connectivity index (χ0n) is 26.7. The lowest BCUT2D eigenvalue weighted by Crippen LogP contribution is -2.43. The number of likely N-dealkylation sites (tertiary alicyclic amines) is 2. The van der Waals surface area contributed by atoms with Crippen molar-refractivity contribution in [1.29, 1.82) is 0 Å². The van der Waals surface area contributed by atoms with Crippen molar-refractivity contribution in [3.8, 4) is 11.8 Å². The molecule has 0 aliphatic carbocycles. The molecule has 7 rings (SSSR count). The SMILES string of the molecule is O=C(Nc1ccc(C#Cc2ccc3nc(C4CCCN4C(=O)Cc4ccccc4)[nH]c3c2)cc1)C1CCCN1C(=O)Cc1ccccc1. The molecule has 2 atom stereocenters. The molecule has 2 saturated heterocycles. The highest BCUT2D eigenvalue weighted by Gasteiger charge is 2.34. The zero-order valence-corrected chi connectivity index (χ0v) is 26.7. The Labute approximate surface area is 280 Å². The number of hydrogen-bond donors (Lipinski definition) is 2. The molecule has 0 radical (unpaired) electrons. The highest BCUT2D eigenvalue weighted by Crippen LogP contribution is 2.32. The molecule has 2 aliphatic heterocycles. The highest BCUT2D eigenvalue weighted by atomic mass is 16.2. The summed E-state index contributed by atoms with van der Waals surface area (Å²) < 4.78 is 0. The average Bonchev–Trinajstić information content (AvgIpc) is 3.89. The summed E-state index contributed by atoms with van der Waals surface area (Å²) in [7, 11) is 0. The number of fused-ring (bicyclic) bond motifs is 1. The number of nitrogens with one attached hydrogen (secondary N) is 2. The van der Waals surface area contributed by atoms with Gasteiger partial charge in [0, 0.05) is 29.9 Å². The van der Waals surface area contributed by atoms with Gasteiger partial charge in [-0.25, -0.2) is 4.98 Å². The van der Waals surface area contributed by atoms with Crippen molar-refractivity contribution in [2.75, 3.05) is 18.4 Å². The third-order valence-electron chi connectivity index (χ3n) is 9.16. The normalized spacial score (nSPS) is 17.2. The van der Waals surface area contributed by atoms with E-state index in [-0.39, 0.29) is 23.8 Å². The Morgan fingerprint density at radius 1 is 0.729 bits per heavy atom. The topological polar surface area (TPSA) is 98.4 Å². The molecule has 0 bridgehead atoms. The third-order valence-corrected chi connectivity index (χ3v) is 9.16. The molecule has 3 amide bonds. The summed E-state index contributed by atoms with van der Waals surface area (Å²) in [6.45, 7) is 1.33. The van der Waals surface area contributed by atoms with Gasteiger partial charge in [0.1, 0.15) is 11.9 Å². The third kappa shape index (κ3) is 7.01. The van der Waals surface area contributed by atoms with E-state index in [1.54, 1.807) is 4.90 Å². The lowest BCUT2D eigenvalue weighted by molar-refractivity contribution is -0.136. The van der Waals surface area contributed by atoms with Crippen LogP contribution in [0.3, 0.4) is 0 Å². The number of anilines is 1. The van der Waals surface area contributed by atoms with Crippen LogP contribution in [-0.4, -0.2) is 56.6 Å². The standard InChI is InChI=1S/C40H37N5O3/c46-37(26-29-9-3-1-4-10-29)44-23-7-13-35(44)39-42-33-22-19-31(25-34(33)43-39)16-15-28-17-20-32(21-18-28)41-40(48)36-14-8-24-45(36)38(47)27-30-11-5-2-6-12-30/h1-6,9-12,17-22,25,35-36H,7-8,13-14,23-24,26-27H2,(H,41,48)(H,42,43). The maximum atomic E-state index is 13.1. The molecule has 5 aromatic rings. The molecule has 2 aliphatic rings. The maximum Gasteiger partial charge on any atom is 0.247 e. The number of carbonyl (C=O) groups is 3. The van der Waals surface area contributed by atoms with E-state index < -0.39 is 6.04 Å². The number of rotatable bonds is 7. The van der Waals surface area contributed by atoms with Crippen molar-refractivity contribution in [1.82, 2.24) is 19.8 Å². The molecule has 2 unspecified atom stereocenters. The average molecular weight is 636 g/mol. The van der Waals surface area contributed by atoms with Crippen LogP contribution in [0.1, 0.15) is 59.8 Å². The Bertz CT molecular complexity index is 1990. The van der Waals surface area contributed by atoms with Gasteiger partial charge in [-0.05, 0) is 79.3 Å². The van der Waals surface area contributed by atoms with Gasteiger partial charge in [0.05, 0.1) is 29.9 Å². The molecule has 240 valence electrons. The minimum Gasteiger partial charge on any atom is -0.340 e. The Balaban J connectivity index is 0.973. The van der Waals surface area contributed by atoms with E-state index >= 15 is 0 Å². The number of imidazole rings is 1. The van der Waals surface area contributed by atoms with E-state index in [4.69, 9.17) is 4.98 Å². The summed E-state index contributed by atoms with van der Waals surface area (Å²) in [6, 6.07) is 32.3. The summed E-state index contributed by atoms with van der Waals surface area (Å²) >= 11 is 0. The summed E-state index contributed by atoms with van der Waals surface area (Å²) in [5, 5.41) is 2.98. The first kappa shape index (κ1) is 30.9. The molecular weight excluding hydrogens is 598 g/mol. The van der Waals surface area contributed by atoms with Gasteiger partial charge in [-0.2, -0.15) is 0 Å². The van der Waals surface area contributed by atoms with E-state index in [1.807, 2.05) is 108 Å². The van der Waals surface area contributed by atoms with Crippen molar-refractivity contribution in [3.63, 3.8) is 0 Å². The number of carbonyl (C=O) groups excluding carboxylic acids is 3. The minimum atomic E-state index is -0.467. The van der Waals surface area contributed by atoms with Gasteiger partial charge in [0.15, 0.2) is 0 Å². The molecule has 0 spiro atoms. The predicted octanol–water partition coefficient (Wildman–Crippen LogP) is 6.04. The minimum absolute atomic E-state index is 0.0246. The Morgan fingerprint density at radius 3 is 2.04 bits per heavy atom. The molecule has 2 fully saturated rings. The first-order valence-electron chi connectivity index (χ1n) is 16.6. The van der Waals surface area contributed by atoms with E-state index in [1.165, 1.54) is 0 Å². The molecule has 2 N–H and O–H groups in total. The second-order valence-corrected chi connectivity index (χ2v) is 12.5. The molecule has 4 aromatic carbocycles. The van der Waals surface area contributed by atoms with Crippen molar-refractivity contribution in [3.05, 3.63) is 131 Å². The van der Waals surface area contributed by atoms with Gasteiger partial charge >= 0.3 is 0 Å².